The van der Waals surface area contributed by atoms with Crippen molar-refractivity contribution in [1.82, 2.24) is 19.3 Å². The molecular weight excluding hydrogens is 316 g/mol. The summed E-state index contributed by atoms with van der Waals surface area (Å²) in [5.74, 6) is 0.760. The number of benzene rings is 1. The van der Waals surface area contributed by atoms with Gasteiger partial charge in [-0.25, -0.2) is 22.6 Å². The number of nitrogens with one attached hydrogen (secondary N) is 1. The van der Waals surface area contributed by atoms with Crippen molar-refractivity contribution in [3.63, 3.8) is 0 Å². The maximum absolute atomic E-state index is 12.5. The molecule has 1 aromatic carbocycles. The van der Waals surface area contributed by atoms with Gasteiger partial charge < -0.3 is 4.74 Å². The average molecular weight is 330 g/mol. The fourth-order valence-electron chi connectivity index (χ4n) is 2.62. The second-order valence-electron chi connectivity index (χ2n) is 5.24. The molecule has 1 aliphatic heterocycles. The summed E-state index contributed by atoms with van der Waals surface area (Å²) in [6.45, 7) is 0.733. The van der Waals surface area contributed by atoms with Crippen LogP contribution in [0.1, 0.15) is 11.3 Å². The third kappa shape index (κ3) is 2.55. The van der Waals surface area contributed by atoms with Crippen LogP contribution in [0.4, 0.5) is 0 Å². The molecule has 4 rings (SSSR count). The van der Waals surface area contributed by atoms with Crippen molar-refractivity contribution in [2.45, 2.75) is 17.9 Å². The molecule has 3 heterocycles. The van der Waals surface area contributed by atoms with Gasteiger partial charge in [-0.1, -0.05) is 6.07 Å². The number of rotatable bonds is 4. The SMILES string of the molecule is O=S(=O)(NCc1cccc2ncnn12)c1ccc2c(c1)CCO2. The Labute approximate surface area is 133 Å². The molecule has 1 N–H and O–H groups in total. The third-order valence-corrected chi connectivity index (χ3v) is 5.19. The Bertz CT molecular complexity index is 981. The van der Waals surface area contributed by atoms with E-state index in [0.717, 1.165) is 17.7 Å². The first-order valence-corrected chi connectivity index (χ1v) is 8.65. The first-order chi connectivity index (χ1) is 11.1. The topological polar surface area (TPSA) is 85.6 Å². The van der Waals surface area contributed by atoms with Gasteiger partial charge >= 0.3 is 0 Å². The van der Waals surface area contributed by atoms with Crippen LogP contribution in [0, 0.1) is 0 Å². The average Bonchev–Trinajstić information content (AvgIpc) is 3.20. The summed E-state index contributed by atoms with van der Waals surface area (Å²) in [6.07, 6.45) is 2.17. The first-order valence-electron chi connectivity index (χ1n) is 7.16. The van der Waals surface area contributed by atoms with Gasteiger partial charge in [0.15, 0.2) is 5.65 Å². The van der Waals surface area contributed by atoms with E-state index in [2.05, 4.69) is 14.8 Å². The Balaban J connectivity index is 1.59. The quantitative estimate of drug-likeness (QED) is 0.775. The summed E-state index contributed by atoms with van der Waals surface area (Å²) < 4.78 is 34.6. The highest BCUT2D eigenvalue weighted by Crippen LogP contribution is 2.27. The predicted molar refractivity (Wildman–Crippen MR) is 82.7 cm³/mol. The van der Waals surface area contributed by atoms with E-state index in [-0.39, 0.29) is 11.4 Å². The fraction of sp³-hybridized carbons (Fsp3) is 0.200. The van der Waals surface area contributed by atoms with Crippen LogP contribution in [0.25, 0.3) is 5.65 Å². The molecule has 0 spiro atoms. The lowest BCUT2D eigenvalue weighted by Crippen LogP contribution is -2.24. The van der Waals surface area contributed by atoms with E-state index in [9.17, 15) is 8.42 Å². The predicted octanol–water partition coefficient (Wildman–Crippen LogP) is 1.14. The zero-order chi connectivity index (χ0) is 15.9. The van der Waals surface area contributed by atoms with E-state index < -0.39 is 10.0 Å². The van der Waals surface area contributed by atoms with Crippen LogP contribution in [0.2, 0.25) is 0 Å². The van der Waals surface area contributed by atoms with Crippen LogP contribution in [-0.2, 0) is 23.0 Å². The van der Waals surface area contributed by atoms with Crippen LogP contribution in [0.3, 0.4) is 0 Å². The van der Waals surface area contributed by atoms with E-state index in [1.54, 1.807) is 28.8 Å². The summed E-state index contributed by atoms with van der Waals surface area (Å²) >= 11 is 0. The van der Waals surface area contributed by atoms with Gasteiger partial charge in [0.1, 0.15) is 12.1 Å². The minimum Gasteiger partial charge on any atom is -0.493 e. The lowest BCUT2D eigenvalue weighted by molar-refractivity contribution is 0.356. The van der Waals surface area contributed by atoms with Gasteiger partial charge in [0, 0.05) is 6.42 Å². The number of fused-ring (bicyclic) bond motifs is 2. The lowest BCUT2D eigenvalue weighted by atomic mass is 10.2. The summed E-state index contributed by atoms with van der Waals surface area (Å²) in [5, 5.41) is 4.09. The fourth-order valence-corrected chi connectivity index (χ4v) is 3.67. The number of hydrogen-bond acceptors (Lipinski definition) is 5. The molecule has 0 unspecified atom stereocenters. The number of sulfonamides is 1. The molecular formula is C15H14N4O3S. The van der Waals surface area contributed by atoms with Gasteiger partial charge in [0.05, 0.1) is 23.7 Å². The Hall–Kier alpha value is -2.45. The molecule has 0 fully saturated rings. The van der Waals surface area contributed by atoms with E-state index in [1.807, 2.05) is 12.1 Å². The van der Waals surface area contributed by atoms with Gasteiger partial charge in [-0.3, -0.25) is 0 Å². The second kappa shape index (κ2) is 5.32. The molecule has 118 valence electrons. The number of ether oxygens (including phenoxy) is 1. The highest BCUT2D eigenvalue weighted by atomic mass is 32.2. The van der Waals surface area contributed by atoms with Crippen molar-refractivity contribution in [1.29, 1.82) is 0 Å². The molecule has 0 amide bonds. The number of aromatic nitrogens is 3. The zero-order valence-corrected chi connectivity index (χ0v) is 13.0. The van der Waals surface area contributed by atoms with E-state index in [4.69, 9.17) is 4.74 Å². The van der Waals surface area contributed by atoms with Crippen LogP contribution in [-0.4, -0.2) is 29.6 Å². The molecule has 1 aliphatic rings. The van der Waals surface area contributed by atoms with Crippen molar-refractivity contribution in [3.05, 3.63) is 54.0 Å². The maximum Gasteiger partial charge on any atom is 0.240 e. The Morgan fingerprint density at radius 1 is 1.26 bits per heavy atom. The van der Waals surface area contributed by atoms with Gasteiger partial charge in [-0.05, 0) is 35.9 Å². The first kappa shape index (κ1) is 14.2. The van der Waals surface area contributed by atoms with Gasteiger partial charge in [-0.15, -0.1) is 0 Å². The molecule has 0 saturated heterocycles. The molecule has 0 atom stereocenters. The van der Waals surface area contributed by atoms with Crippen molar-refractivity contribution in [2.75, 3.05) is 6.61 Å². The highest BCUT2D eigenvalue weighted by Gasteiger charge is 2.19. The monoisotopic (exact) mass is 330 g/mol. The molecule has 23 heavy (non-hydrogen) atoms. The summed E-state index contributed by atoms with van der Waals surface area (Å²) in [6, 6.07) is 10.4. The van der Waals surface area contributed by atoms with Crippen molar-refractivity contribution >= 4 is 15.7 Å². The maximum atomic E-state index is 12.5. The third-order valence-electron chi connectivity index (χ3n) is 3.79. The minimum atomic E-state index is -3.60. The van der Waals surface area contributed by atoms with Gasteiger partial charge in [0.25, 0.3) is 0 Å². The lowest BCUT2D eigenvalue weighted by Gasteiger charge is -2.09. The molecule has 2 aromatic heterocycles. The Morgan fingerprint density at radius 2 is 2.17 bits per heavy atom. The van der Waals surface area contributed by atoms with E-state index >= 15 is 0 Å². The molecule has 0 saturated carbocycles. The largest absolute Gasteiger partial charge is 0.493 e. The molecule has 0 radical (unpaired) electrons. The zero-order valence-electron chi connectivity index (χ0n) is 12.1. The van der Waals surface area contributed by atoms with E-state index in [1.165, 1.54) is 6.33 Å². The van der Waals surface area contributed by atoms with Crippen molar-refractivity contribution < 1.29 is 13.2 Å². The summed E-state index contributed by atoms with van der Waals surface area (Å²) in [4.78, 5) is 4.33. The molecule has 7 nitrogen and oxygen atoms in total. The van der Waals surface area contributed by atoms with Crippen LogP contribution in [0.5, 0.6) is 5.75 Å². The molecule has 8 heteroatoms. The summed E-state index contributed by atoms with van der Waals surface area (Å²) in [7, 11) is -3.60. The Morgan fingerprint density at radius 3 is 3.09 bits per heavy atom. The summed E-state index contributed by atoms with van der Waals surface area (Å²) in [5.41, 5.74) is 2.32. The number of nitrogens with zero attached hydrogens (tertiary/aromatic N) is 3. The van der Waals surface area contributed by atoms with Gasteiger partial charge in [0.2, 0.25) is 10.0 Å². The normalized spacial score (nSPS) is 13.9. The smallest absolute Gasteiger partial charge is 0.240 e. The number of pyridine rings is 1. The van der Waals surface area contributed by atoms with Crippen LogP contribution in [0.15, 0.2) is 47.6 Å². The Kier molecular flexibility index (Phi) is 3.28. The van der Waals surface area contributed by atoms with E-state index in [0.29, 0.717) is 17.9 Å². The number of hydrogen-bond donors (Lipinski definition) is 1. The molecule has 3 aromatic rings. The molecule has 0 bridgehead atoms. The van der Waals surface area contributed by atoms with Crippen molar-refractivity contribution in [2.24, 2.45) is 0 Å². The van der Waals surface area contributed by atoms with Crippen LogP contribution >= 0.6 is 0 Å². The minimum absolute atomic E-state index is 0.136. The highest BCUT2D eigenvalue weighted by molar-refractivity contribution is 7.89. The second-order valence-corrected chi connectivity index (χ2v) is 7.01. The molecule has 0 aliphatic carbocycles. The van der Waals surface area contributed by atoms with Crippen molar-refractivity contribution in [3.8, 4) is 5.75 Å². The van der Waals surface area contributed by atoms with Crippen LogP contribution < -0.4 is 9.46 Å². The van der Waals surface area contributed by atoms with Gasteiger partial charge in [-0.2, -0.15) is 5.10 Å². The standard InChI is InChI=1S/C15H14N4O3S/c20-23(21,13-4-5-14-11(8-13)6-7-22-14)18-9-12-2-1-3-15-16-10-17-19(12)15/h1-5,8,10,18H,6-7,9H2.